The molecule has 2 aromatic carbocycles. The SMILES string of the molecule is C[C@H]1CN(C(=O)/C=C/c2cccc(Cl)c2)[C@@H](C)CN1C(=O)/C=C/c1cccc(Cl)c1. The van der Waals surface area contributed by atoms with E-state index < -0.39 is 0 Å². The first kappa shape index (κ1) is 22.1. The standard InChI is InChI=1S/C24H24Cl2N2O2/c1-17-15-28(24(30)12-10-20-6-4-8-22(26)14-20)18(2)16-27(17)23(29)11-9-19-5-3-7-21(25)13-19/h3-14,17-18H,15-16H2,1-2H3/b11-9+,12-10+/t17-,18-/m0/s1. The summed E-state index contributed by atoms with van der Waals surface area (Å²) in [7, 11) is 0. The van der Waals surface area contributed by atoms with Gasteiger partial charge in [0, 0.05) is 47.4 Å². The Labute approximate surface area is 187 Å². The third-order valence-corrected chi connectivity index (χ3v) is 5.56. The maximum Gasteiger partial charge on any atom is 0.246 e. The summed E-state index contributed by atoms with van der Waals surface area (Å²) in [5.41, 5.74) is 1.74. The predicted molar refractivity (Wildman–Crippen MR) is 123 cm³/mol. The van der Waals surface area contributed by atoms with Gasteiger partial charge in [-0.2, -0.15) is 0 Å². The minimum atomic E-state index is -0.0822. The van der Waals surface area contributed by atoms with Gasteiger partial charge in [0.2, 0.25) is 11.8 Å². The minimum Gasteiger partial charge on any atom is -0.333 e. The predicted octanol–water partition coefficient (Wildman–Crippen LogP) is 5.17. The van der Waals surface area contributed by atoms with Crippen molar-refractivity contribution in [2.75, 3.05) is 13.1 Å². The Morgan fingerprint density at radius 3 is 1.57 bits per heavy atom. The molecule has 2 atom stereocenters. The average molecular weight is 443 g/mol. The first-order chi connectivity index (χ1) is 14.3. The van der Waals surface area contributed by atoms with E-state index >= 15 is 0 Å². The average Bonchev–Trinajstić information content (AvgIpc) is 2.71. The van der Waals surface area contributed by atoms with Crippen LogP contribution in [0.15, 0.2) is 60.7 Å². The van der Waals surface area contributed by atoms with Crippen LogP contribution in [0, 0.1) is 0 Å². The summed E-state index contributed by atoms with van der Waals surface area (Å²) in [6, 6.07) is 14.5. The normalized spacial score (nSPS) is 19.6. The zero-order valence-corrected chi connectivity index (χ0v) is 18.5. The molecule has 1 fully saturated rings. The maximum absolute atomic E-state index is 12.7. The lowest BCUT2D eigenvalue weighted by Gasteiger charge is -2.43. The molecule has 0 aliphatic carbocycles. The van der Waals surface area contributed by atoms with Crippen molar-refractivity contribution in [3.8, 4) is 0 Å². The van der Waals surface area contributed by atoms with Gasteiger partial charge in [0.25, 0.3) is 0 Å². The van der Waals surface area contributed by atoms with Crippen LogP contribution in [0.2, 0.25) is 10.0 Å². The molecule has 0 N–H and O–H groups in total. The molecule has 0 unspecified atom stereocenters. The number of piperazine rings is 1. The van der Waals surface area contributed by atoms with Gasteiger partial charge in [0.05, 0.1) is 0 Å². The van der Waals surface area contributed by atoms with Gasteiger partial charge in [-0.05, 0) is 61.4 Å². The topological polar surface area (TPSA) is 40.6 Å². The molecule has 1 aliphatic heterocycles. The van der Waals surface area contributed by atoms with Gasteiger partial charge in [0.15, 0.2) is 0 Å². The highest BCUT2D eigenvalue weighted by molar-refractivity contribution is 6.31. The highest BCUT2D eigenvalue weighted by Gasteiger charge is 2.32. The molecule has 1 saturated heterocycles. The first-order valence-corrected chi connectivity index (χ1v) is 10.6. The van der Waals surface area contributed by atoms with E-state index in [-0.39, 0.29) is 23.9 Å². The molecule has 0 spiro atoms. The zero-order chi connectivity index (χ0) is 21.7. The van der Waals surface area contributed by atoms with Crippen LogP contribution in [0.3, 0.4) is 0 Å². The minimum absolute atomic E-state index is 0.0732. The lowest BCUT2D eigenvalue weighted by molar-refractivity contribution is -0.139. The molecule has 0 bridgehead atoms. The fourth-order valence-corrected chi connectivity index (χ4v) is 3.89. The fraction of sp³-hybridized carbons (Fsp3) is 0.250. The van der Waals surface area contributed by atoms with Gasteiger partial charge >= 0.3 is 0 Å². The summed E-state index contributed by atoms with van der Waals surface area (Å²) in [5, 5.41) is 1.26. The molecule has 3 rings (SSSR count). The number of hydrogen-bond donors (Lipinski definition) is 0. The van der Waals surface area contributed by atoms with E-state index in [2.05, 4.69) is 0 Å². The molecule has 6 heteroatoms. The van der Waals surface area contributed by atoms with Crippen molar-refractivity contribution in [1.82, 2.24) is 9.80 Å². The number of nitrogens with zero attached hydrogens (tertiary/aromatic N) is 2. The quantitative estimate of drug-likeness (QED) is 0.612. The van der Waals surface area contributed by atoms with Gasteiger partial charge in [-0.15, -0.1) is 0 Å². The second kappa shape index (κ2) is 9.96. The van der Waals surface area contributed by atoms with E-state index in [1.165, 1.54) is 0 Å². The molecule has 2 amide bonds. The molecule has 4 nitrogen and oxygen atoms in total. The Bertz CT molecular complexity index is 907. The summed E-state index contributed by atoms with van der Waals surface area (Å²) in [5.74, 6) is -0.146. The summed E-state index contributed by atoms with van der Waals surface area (Å²) < 4.78 is 0. The highest BCUT2D eigenvalue weighted by atomic mass is 35.5. The summed E-state index contributed by atoms with van der Waals surface area (Å²) in [6.45, 7) is 4.88. The van der Waals surface area contributed by atoms with Gasteiger partial charge in [-0.3, -0.25) is 9.59 Å². The summed E-state index contributed by atoms with van der Waals surface area (Å²) >= 11 is 12.0. The number of halogens is 2. The fourth-order valence-electron chi connectivity index (χ4n) is 3.49. The number of carbonyl (C=O) groups excluding carboxylic acids is 2. The van der Waals surface area contributed by atoms with E-state index in [0.29, 0.717) is 23.1 Å². The zero-order valence-electron chi connectivity index (χ0n) is 17.0. The molecule has 0 aromatic heterocycles. The molecule has 156 valence electrons. The molecule has 0 saturated carbocycles. The van der Waals surface area contributed by atoms with Crippen LogP contribution in [-0.2, 0) is 9.59 Å². The Morgan fingerprint density at radius 2 is 1.20 bits per heavy atom. The molecule has 1 heterocycles. The van der Waals surface area contributed by atoms with Crippen LogP contribution in [0.25, 0.3) is 12.2 Å². The van der Waals surface area contributed by atoms with Crippen LogP contribution >= 0.6 is 23.2 Å². The molecule has 0 radical (unpaired) electrons. The van der Waals surface area contributed by atoms with Crippen molar-refractivity contribution in [2.24, 2.45) is 0 Å². The van der Waals surface area contributed by atoms with Crippen molar-refractivity contribution >= 4 is 47.2 Å². The van der Waals surface area contributed by atoms with Crippen molar-refractivity contribution in [2.45, 2.75) is 25.9 Å². The summed E-state index contributed by atoms with van der Waals surface area (Å²) in [4.78, 5) is 29.0. The molecular formula is C24H24Cl2N2O2. The van der Waals surface area contributed by atoms with Gasteiger partial charge in [0.1, 0.15) is 0 Å². The smallest absolute Gasteiger partial charge is 0.246 e. The molecule has 30 heavy (non-hydrogen) atoms. The molecule has 2 aromatic rings. The highest BCUT2D eigenvalue weighted by Crippen LogP contribution is 2.18. The van der Waals surface area contributed by atoms with E-state index in [9.17, 15) is 9.59 Å². The van der Waals surface area contributed by atoms with Crippen LogP contribution in [0.5, 0.6) is 0 Å². The van der Waals surface area contributed by atoms with Crippen molar-refractivity contribution in [3.63, 3.8) is 0 Å². The largest absolute Gasteiger partial charge is 0.333 e. The van der Waals surface area contributed by atoms with Crippen molar-refractivity contribution in [3.05, 3.63) is 81.9 Å². The number of benzene rings is 2. The Morgan fingerprint density at radius 1 is 0.800 bits per heavy atom. The second-order valence-electron chi connectivity index (χ2n) is 7.46. The number of carbonyl (C=O) groups is 2. The third kappa shape index (κ3) is 5.74. The Kier molecular flexibility index (Phi) is 7.35. The second-order valence-corrected chi connectivity index (χ2v) is 8.33. The van der Waals surface area contributed by atoms with Gasteiger partial charge in [-0.1, -0.05) is 47.5 Å². The summed E-state index contributed by atoms with van der Waals surface area (Å²) in [6.07, 6.45) is 6.64. The Hall–Kier alpha value is -2.56. The Balaban J connectivity index is 1.63. The van der Waals surface area contributed by atoms with Crippen LogP contribution < -0.4 is 0 Å². The lowest BCUT2D eigenvalue weighted by Crippen LogP contribution is -2.59. The lowest BCUT2D eigenvalue weighted by atomic mass is 10.1. The number of rotatable bonds is 4. The maximum atomic E-state index is 12.7. The van der Waals surface area contributed by atoms with Crippen LogP contribution in [0.1, 0.15) is 25.0 Å². The third-order valence-electron chi connectivity index (χ3n) is 5.09. The number of amides is 2. The van der Waals surface area contributed by atoms with E-state index in [0.717, 1.165) is 11.1 Å². The van der Waals surface area contributed by atoms with E-state index in [4.69, 9.17) is 23.2 Å². The monoisotopic (exact) mass is 442 g/mol. The van der Waals surface area contributed by atoms with Gasteiger partial charge in [-0.25, -0.2) is 0 Å². The van der Waals surface area contributed by atoms with E-state index in [1.807, 2.05) is 38.1 Å². The van der Waals surface area contributed by atoms with E-state index in [1.54, 1.807) is 58.4 Å². The first-order valence-electron chi connectivity index (χ1n) is 9.82. The van der Waals surface area contributed by atoms with Crippen molar-refractivity contribution in [1.29, 1.82) is 0 Å². The van der Waals surface area contributed by atoms with Crippen LogP contribution in [0.4, 0.5) is 0 Å². The number of hydrogen-bond acceptors (Lipinski definition) is 2. The van der Waals surface area contributed by atoms with Crippen molar-refractivity contribution < 1.29 is 9.59 Å². The molecular weight excluding hydrogens is 419 g/mol. The molecule has 1 aliphatic rings. The van der Waals surface area contributed by atoms with Crippen LogP contribution in [-0.4, -0.2) is 46.8 Å². The van der Waals surface area contributed by atoms with Gasteiger partial charge < -0.3 is 9.80 Å².